The highest BCUT2D eigenvalue weighted by Crippen LogP contribution is 2.37. The molecule has 0 spiro atoms. The van der Waals surface area contributed by atoms with Gasteiger partial charge in [0.25, 0.3) is 0 Å². The molecule has 0 aromatic carbocycles. The fraction of sp³-hybridized carbons (Fsp3) is 0.812. The molecule has 130 valence electrons. The number of aryl methyl sites for hydroxylation is 1. The predicted octanol–water partition coefficient (Wildman–Crippen LogP) is 3.10. The van der Waals surface area contributed by atoms with Crippen molar-refractivity contribution in [3.05, 3.63) is 12.4 Å². The van der Waals surface area contributed by atoms with E-state index >= 15 is 0 Å². The van der Waals surface area contributed by atoms with Gasteiger partial charge in [-0.2, -0.15) is 18.3 Å². The number of aromatic nitrogens is 2. The summed E-state index contributed by atoms with van der Waals surface area (Å²) < 4.78 is 40.6. The van der Waals surface area contributed by atoms with Crippen LogP contribution in [0.4, 0.5) is 18.9 Å². The molecule has 1 aliphatic carbocycles. The van der Waals surface area contributed by atoms with E-state index in [0.29, 0.717) is 6.42 Å². The van der Waals surface area contributed by atoms with Crippen LogP contribution in [0.3, 0.4) is 0 Å². The Morgan fingerprint density at radius 2 is 1.96 bits per heavy atom. The Bertz CT molecular complexity index is 514. The van der Waals surface area contributed by atoms with Crippen molar-refractivity contribution in [3.8, 4) is 0 Å². The zero-order valence-electron chi connectivity index (χ0n) is 13.5. The van der Waals surface area contributed by atoms with E-state index in [1.54, 1.807) is 4.68 Å². The summed E-state index contributed by atoms with van der Waals surface area (Å²) in [4.78, 5) is 2.28. The maximum Gasteiger partial charge on any atom is 0.391 e. The Balaban J connectivity index is 1.55. The van der Waals surface area contributed by atoms with Crippen molar-refractivity contribution in [1.29, 1.82) is 0 Å². The summed E-state index contributed by atoms with van der Waals surface area (Å²) in [6.45, 7) is 1.83. The zero-order chi connectivity index (χ0) is 16.4. The summed E-state index contributed by atoms with van der Waals surface area (Å²) in [6.07, 6.45) is 3.92. The molecule has 1 saturated carbocycles. The maximum atomic E-state index is 12.9. The van der Waals surface area contributed by atoms with Crippen LogP contribution in [0, 0.1) is 5.92 Å². The predicted molar refractivity (Wildman–Crippen MR) is 83.4 cm³/mol. The van der Waals surface area contributed by atoms with Gasteiger partial charge in [-0.05, 0) is 32.1 Å². The minimum atomic E-state index is -4.05. The number of piperidine rings is 1. The minimum Gasteiger partial charge on any atom is -0.367 e. The summed E-state index contributed by atoms with van der Waals surface area (Å²) in [5, 5.41) is 7.70. The molecule has 2 heterocycles. The summed E-state index contributed by atoms with van der Waals surface area (Å²) in [7, 11) is 1.89. The lowest BCUT2D eigenvalue weighted by Gasteiger charge is -2.38. The van der Waals surface area contributed by atoms with Crippen LogP contribution in [0.5, 0.6) is 0 Å². The van der Waals surface area contributed by atoms with Gasteiger partial charge < -0.3 is 10.2 Å². The number of nitrogens with zero attached hydrogens (tertiary/aromatic N) is 3. The third-order valence-corrected chi connectivity index (χ3v) is 5.09. The molecule has 0 radical (unpaired) electrons. The van der Waals surface area contributed by atoms with Crippen molar-refractivity contribution >= 4 is 5.69 Å². The molecule has 3 rings (SSSR count). The summed E-state index contributed by atoms with van der Waals surface area (Å²) >= 11 is 0. The Kier molecular flexibility index (Phi) is 4.85. The number of hydrogen-bond acceptors (Lipinski definition) is 3. The van der Waals surface area contributed by atoms with Crippen LogP contribution in [0.1, 0.15) is 38.5 Å². The van der Waals surface area contributed by atoms with Crippen molar-refractivity contribution in [2.75, 3.05) is 18.0 Å². The van der Waals surface area contributed by atoms with Crippen LogP contribution >= 0.6 is 0 Å². The molecule has 1 N–H and O–H groups in total. The van der Waals surface area contributed by atoms with E-state index in [9.17, 15) is 13.2 Å². The zero-order valence-corrected chi connectivity index (χ0v) is 13.5. The second kappa shape index (κ2) is 6.71. The van der Waals surface area contributed by atoms with Crippen molar-refractivity contribution in [1.82, 2.24) is 15.1 Å². The highest BCUT2D eigenvalue weighted by molar-refractivity contribution is 5.43. The van der Waals surface area contributed by atoms with E-state index in [0.717, 1.165) is 38.0 Å². The third-order valence-electron chi connectivity index (χ3n) is 5.09. The summed E-state index contributed by atoms with van der Waals surface area (Å²) in [5.41, 5.74) is 1.09. The van der Waals surface area contributed by atoms with Crippen molar-refractivity contribution < 1.29 is 13.2 Å². The third kappa shape index (κ3) is 4.19. The Morgan fingerprint density at radius 3 is 2.65 bits per heavy atom. The van der Waals surface area contributed by atoms with Crippen molar-refractivity contribution in [3.63, 3.8) is 0 Å². The molecule has 23 heavy (non-hydrogen) atoms. The lowest BCUT2D eigenvalue weighted by atomic mass is 9.84. The van der Waals surface area contributed by atoms with Crippen molar-refractivity contribution in [2.45, 2.75) is 56.8 Å². The van der Waals surface area contributed by atoms with Crippen molar-refractivity contribution in [2.24, 2.45) is 13.0 Å². The van der Waals surface area contributed by atoms with Gasteiger partial charge in [0.2, 0.25) is 0 Å². The van der Waals surface area contributed by atoms with Gasteiger partial charge in [-0.1, -0.05) is 6.42 Å². The number of hydrogen-bond donors (Lipinski definition) is 1. The second-order valence-corrected chi connectivity index (χ2v) is 6.93. The quantitative estimate of drug-likeness (QED) is 0.924. The molecule has 0 amide bonds. The maximum absolute atomic E-state index is 12.9. The normalized spacial score (nSPS) is 29.7. The van der Waals surface area contributed by atoms with E-state index in [1.807, 2.05) is 19.4 Å². The van der Waals surface area contributed by atoms with Gasteiger partial charge >= 0.3 is 6.18 Å². The molecule has 0 bridgehead atoms. The lowest BCUT2D eigenvalue weighted by molar-refractivity contribution is -0.183. The smallest absolute Gasteiger partial charge is 0.367 e. The molecule has 1 aromatic rings. The molecule has 7 heteroatoms. The first-order valence-corrected chi connectivity index (χ1v) is 8.48. The highest BCUT2D eigenvalue weighted by Gasteiger charge is 2.42. The van der Waals surface area contributed by atoms with Gasteiger partial charge in [0.05, 0.1) is 17.8 Å². The fourth-order valence-corrected chi connectivity index (χ4v) is 3.89. The first-order valence-electron chi connectivity index (χ1n) is 8.48. The molecule has 1 saturated heterocycles. The molecule has 2 fully saturated rings. The Hall–Kier alpha value is -1.24. The minimum absolute atomic E-state index is 0.00535. The molecule has 3 atom stereocenters. The van der Waals surface area contributed by atoms with E-state index in [2.05, 4.69) is 15.3 Å². The number of alkyl halides is 3. The second-order valence-electron chi connectivity index (χ2n) is 6.93. The summed E-state index contributed by atoms with van der Waals surface area (Å²) in [5.74, 6) is -1.13. The first-order chi connectivity index (χ1) is 10.9. The fourth-order valence-electron chi connectivity index (χ4n) is 3.89. The Morgan fingerprint density at radius 1 is 1.17 bits per heavy atom. The van der Waals surface area contributed by atoms with Gasteiger partial charge in [-0.3, -0.25) is 4.68 Å². The van der Waals surface area contributed by atoms with Gasteiger partial charge in [0, 0.05) is 38.4 Å². The topological polar surface area (TPSA) is 33.1 Å². The van der Waals surface area contributed by atoms with E-state index in [-0.39, 0.29) is 24.9 Å². The van der Waals surface area contributed by atoms with Crippen LogP contribution in [-0.4, -0.2) is 41.1 Å². The largest absolute Gasteiger partial charge is 0.391 e. The average Bonchev–Trinajstić information content (AvgIpc) is 2.94. The van der Waals surface area contributed by atoms with Crippen LogP contribution in [0.25, 0.3) is 0 Å². The van der Waals surface area contributed by atoms with Crippen LogP contribution < -0.4 is 10.2 Å². The summed E-state index contributed by atoms with van der Waals surface area (Å²) in [6, 6.07) is 0.259. The molecule has 0 unspecified atom stereocenters. The first kappa shape index (κ1) is 16.6. The standard InChI is InChI=1S/C16H25F3N4/c1-22-11-15(9-20-22)23-7-3-6-14(10-23)21-13-5-2-4-12(8-13)16(17,18)19/h9,11-14,21H,2-8,10H2,1H3/t12-,13-,14-/m0/s1. The number of anilines is 1. The van der Waals surface area contributed by atoms with E-state index < -0.39 is 12.1 Å². The lowest BCUT2D eigenvalue weighted by Crippen LogP contribution is -2.51. The van der Waals surface area contributed by atoms with Gasteiger partial charge in [-0.15, -0.1) is 0 Å². The van der Waals surface area contributed by atoms with Crippen LogP contribution in [0.15, 0.2) is 12.4 Å². The van der Waals surface area contributed by atoms with Gasteiger partial charge in [-0.25, -0.2) is 0 Å². The van der Waals surface area contributed by atoms with Crippen LogP contribution in [0.2, 0.25) is 0 Å². The number of rotatable bonds is 3. The molecule has 1 aromatic heterocycles. The SMILES string of the molecule is Cn1cc(N2CCC[C@H](N[C@H]3CCC[C@H](C(F)(F)F)C3)C2)cn1. The monoisotopic (exact) mass is 330 g/mol. The highest BCUT2D eigenvalue weighted by atomic mass is 19.4. The van der Waals surface area contributed by atoms with E-state index in [1.165, 1.54) is 0 Å². The molecular formula is C16H25F3N4. The Labute approximate surface area is 135 Å². The van der Waals surface area contributed by atoms with E-state index in [4.69, 9.17) is 0 Å². The average molecular weight is 330 g/mol. The van der Waals surface area contributed by atoms with Gasteiger partial charge in [0.15, 0.2) is 0 Å². The molecule has 2 aliphatic rings. The molecular weight excluding hydrogens is 305 g/mol. The van der Waals surface area contributed by atoms with Gasteiger partial charge in [0.1, 0.15) is 0 Å². The molecule has 1 aliphatic heterocycles. The number of nitrogens with one attached hydrogen (secondary N) is 1. The van der Waals surface area contributed by atoms with Crippen LogP contribution in [-0.2, 0) is 7.05 Å². The molecule has 4 nitrogen and oxygen atoms in total. The number of halogens is 3.